The average molecular weight is 208 g/mol. The molecular formula is C9H20O5. The van der Waals surface area contributed by atoms with Crippen LogP contribution in [0.1, 0.15) is 20.3 Å². The highest BCUT2D eigenvalue weighted by Crippen LogP contribution is 2.24. The number of rotatable bonds is 6. The Morgan fingerprint density at radius 3 is 1.57 bits per heavy atom. The molecule has 0 heterocycles. The number of hydrogen-bond donors (Lipinski definition) is 5. The van der Waals surface area contributed by atoms with Crippen molar-refractivity contribution < 1.29 is 25.5 Å². The molecule has 0 aliphatic rings. The first-order chi connectivity index (χ1) is 6.38. The molecule has 5 N–H and O–H groups in total. The Morgan fingerprint density at radius 2 is 1.36 bits per heavy atom. The SMILES string of the molecule is CC(C)CC(O)(C(O)CO)C(O)CO. The van der Waals surface area contributed by atoms with E-state index in [0.717, 1.165) is 0 Å². The molecule has 2 unspecified atom stereocenters. The number of aliphatic hydroxyl groups is 5. The summed E-state index contributed by atoms with van der Waals surface area (Å²) in [6.45, 7) is 2.30. The van der Waals surface area contributed by atoms with Gasteiger partial charge in [0, 0.05) is 0 Å². The minimum atomic E-state index is -1.85. The summed E-state index contributed by atoms with van der Waals surface area (Å²) in [5.41, 5.74) is -1.85. The van der Waals surface area contributed by atoms with Gasteiger partial charge in [-0.2, -0.15) is 0 Å². The molecule has 0 aliphatic heterocycles. The van der Waals surface area contributed by atoms with Crippen LogP contribution in [0, 0.1) is 5.92 Å². The van der Waals surface area contributed by atoms with Gasteiger partial charge in [0.2, 0.25) is 0 Å². The molecular weight excluding hydrogens is 188 g/mol. The zero-order valence-corrected chi connectivity index (χ0v) is 8.59. The van der Waals surface area contributed by atoms with Gasteiger partial charge >= 0.3 is 0 Å². The Balaban J connectivity index is 4.65. The fraction of sp³-hybridized carbons (Fsp3) is 1.00. The molecule has 0 rings (SSSR count). The van der Waals surface area contributed by atoms with Crippen LogP contribution >= 0.6 is 0 Å². The Morgan fingerprint density at radius 1 is 1.00 bits per heavy atom. The second-order valence-electron chi connectivity index (χ2n) is 3.99. The van der Waals surface area contributed by atoms with Gasteiger partial charge in [-0.25, -0.2) is 0 Å². The summed E-state index contributed by atoms with van der Waals surface area (Å²) in [6, 6.07) is 0. The quantitative estimate of drug-likeness (QED) is 0.364. The van der Waals surface area contributed by atoms with E-state index in [1.54, 1.807) is 13.8 Å². The van der Waals surface area contributed by atoms with Gasteiger partial charge in [-0.15, -0.1) is 0 Å². The van der Waals surface area contributed by atoms with Gasteiger partial charge < -0.3 is 25.5 Å². The molecule has 0 radical (unpaired) electrons. The maximum absolute atomic E-state index is 9.90. The van der Waals surface area contributed by atoms with E-state index in [4.69, 9.17) is 10.2 Å². The van der Waals surface area contributed by atoms with Gasteiger partial charge in [0.05, 0.1) is 13.2 Å². The molecule has 86 valence electrons. The lowest BCUT2D eigenvalue weighted by Crippen LogP contribution is -2.55. The molecule has 5 nitrogen and oxygen atoms in total. The molecule has 5 heteroatoms. The summed E-state index contributed by atoms with van der Waals surface area (Å²) in [5.74, 6) is 0.0300. The lowest BCUT2D eigenvalue weighted by Gasteiger charge is -2.36. The van der Waals surface area contributed by atoms with Gasteiger partial charge in [0.15, 0.2) is 0 Å². The van der Waals surface area contributed by atoms with Crippen LogP contribution < -0.4 is 0 Å². The topological polar surface area (TPSA) is 101 Å². The van der Waals surface area contributed by atoms with Gasteiger partial charge in [-0.05, 0) is 12.3 Å². The van der Waals surface area contributed by atoms with Crippen molar-refractivity contribution >= 4 is 0 Å². The molecule has 0 aromatic heterocycles. The van der Waals surface area contributed by atoms with E-state index < -0.39 is 31.0 Å². The van der Waals surface area contributed by atoms with Gasteiger partial charge in [-0.1, -0.05) is 13.8 Å². The largest absolute Gasteiger partial charge is 0.394 e. The van der Waals surface area contributed by atoms with Crippen LogP contribution in [0.3, 0.4) is 0 Å². The monoisotopic (exact) mass is 208 g/mol. The van der Waals surface area contributed by atoms with E-state index in [1.165, 1.54) is 0 Å². The summed E-state index contributed by atoms with van der Waals surface area (Å²) in [7, 11) is 0. The smallest absolute Gasteiger partial charge is 0.121 e. The number of hydrogen-bond acceptors (Lipinski definition) is 5. The standard InChI is InChI=1S/C9H20O5/c1-6(2)3-9(14,7(12)4-10)8(13)5-11/h6-8,10-14H,3-5H2,1-2H3. The fourth-order valence-corrected chi connectivity index (χ4v) is 1.46. The van der Waals surface area contributed by atoms with Crippen molar-refractivity contribution in [3.63, 3.8) is 0 Å². The summed E-state index contributed by atoms with van der Waals surface area (Å²) < 4.78 is 0. The first kappa shape index (κ1) is 13.8. The molecule has 2 atom stereocenters. The van der Waals surface area contributed by atoms with Crippen molar-refractivity contribution in [3.05, 3.63) is 0 Å². The zero-order valence-electron chi connectivity index (χ0n) is 8.59. The second kappa shape index (κ2) is 5.63. The summed E-state index contributed by atoms with van der Waals surface area (Å²) >= 11 is 0. The second-order valence-corrected chi connectivity index (χ2v) is 3.99. The molecule has 0 bridgehead atoms. The predicted octanol–water partition coefficient (Wildman–Crippen LogP) is -1.53. The van der Waals surface area contributed by atoms with Crippen LogP contribution in [-0.4, -0.2) is 56.6 Å². The van der Waals surface area contributed by atoms with Gasteiger partial charge in [-0.3, -0.25) is 0 Å². The van der Waals surface area contributed by atoms with E-state index >= 15 is 0 Å². The maximum atomic E-state index is 9.90. The van der Waals surface area contributed by atoms with E-state index in [0.29, 0.717) is 0 Å². The molecule has 0 aliphatic carbocycles. The Bertz CT molecular complexity index is 149. The molecule has 0 aromatic carbocycles. The highest BCUT2D eigenvalue weighted by molar-refractivity contribution is 4.93. The van der Waals surface area contributed by atoms with Crippen LogP contribution in [-0.2, 0) is 0 Å². The third-order valence-electron chi connectivity index (χ3n) is 2.24. The summed E-state index contributed by atoms with van der Waals surface area (Å²) in [4.78, 5) is 0. The molecule has 0 amide bonds. The van der Waals surface area contributed by atoms with Crippen molar-refractivity contribution in [1.29, 1.82) is 0 Å². The lowest BCUT2D eigenvalue weighted by molar-refractivity contribution is -0.175. The van der Waals surface area contributed by atoms with E-state index in [-0.39, 0.29) is 12.3 Å². The number of aliphatic hydroxyl groups excluding tert-OH is 4. The fourth-order valence-electron chi connectivity index (χ4n) is 1.46. The molecule has 0 fully saturated rings. The normalized spacial score (nSPS) is 20.6. The van der Waals surface area contributed by atoms with Gasteiger partial charge in [0.1, 0.15) is 17.8 Å². The minimum absolute atomic E-state index is 0.0300. The highest BCUT2D eigenvalue weighted by atomic mass is 16.4. The highest BCUT2D eigenvalue weighted by Gasteiger charge is 2.42. The van der Waals surface area contributed by atoms with E-state index in [1.807, 2.05) is 0 Å². The van der Waals surface area contributed by atoms with Crippen molar-refractivity contribution in [3.8, 4) is 0 Å². The Kier molecular flexibility index (Phi) is 5.54. The third kappa shape index (κ3) is 3.18. The van der Waals surface area contributed by atoms with Crippen LogP contribution in [0.25, 0.3) is 0 Å². The van der Waals surface area contributed by atoms with Gasteiger partial charge in [0.25, 0.3) is 0 Å². The third-order valence-corrected chi connectivity index (χ3v) is 2.24. The van der Waals surface area contributed by atoms with Crippen molar-refractivity contribution in [1.82, 2.24) is 0 Å². The van der Waals surface area contributed by atoms with E-state index in [9.17, 15) is 15.3 Å². The Hall–Kier alpha value is -0.200. The first-order valence-electron chi connectivity index (χ1n) is 4.68. The minimum Gasteiger partial charge on any atom is -0.394 e. The lowest BCUT2D eigenvalue weighted by atomic mass is 9.83. The van der Waals surface area contributed by atoms with Crippen LogP contribution in [0.15, 0.2) is 0 Å². The predicted molar refractivity (Wildman–Crippen MR) is 50.6 cm³/mol. The first-order valence-corrected chi connectivity index (χ1v) is 4.68. The van der Waals surface area contributed by atoms with Crippen LogP contribution in [0.5, 0.6) is 0 Å². The average Bonchev–Trinajstić information content (AvgIpc) is 2.13. The summed E-state index contributed by atoms with van der Waals surface area (Å²) in [6.07, 6.45) is -2.80. The van der Waals surface area contributed by atoms with Crippen molar-refractivity contribution in [2.45, 2.75) is 38.1 Å². The van der Waals surface area contributed by atoms with Crippen LogP contribution in [0.2, 0.25) is 0 Å². The Labute approximate surface area is 83.6 Å². The molecule has 0 aromatic rings. The molecule has 0 saturated heterocycles. The molecule has 14 heavy (non-hydrogen) atoms. The zero-order chi connectivity index (χ0) is 11.4. The van der Waals surface area contributed by atoms with Crippen molar-refractivity contribution in [2.24, 2.45) is 5.92 Å². The van der Waals surface area contributed by atoms with Crippen LogP contribution in [0.4, 0.5) is 0 Å². The molecule has 0 spiro atoms. The molecule has 0 saturated carbocycles. The van der Waals surface area contributed by atoms with Crippen molar-refractivity contribution in [2.75, 3.05) is 13.2 Å². The van der Waals surface area contributed by atoms with E-state index in [2.05, 4.69) is 0 Å². The summed E-state index contributed by atoms with van der Waals surface area (Å²) in [5, 5.41) is 46.1. The maximum Gasteiger partial charge on any atom is 0.121 e.